The summed E-state index contributed by atoms with van der Waals surface area (Å²) in [7, 11) is 0. The molecule has 0 aromatic heterocycles. The van der Waals surface area contributed by atoms with E-state index in [4.69, 9.17) is 10.2 Å². The molecule has 0 heterocycles. The summed E-state index contributed by atoms with van der Waals surface area (Å²) in [4.78, 5) is 9.64. The molecule has 0 bridgehead atoms. The van der Waals surface area contributed by atoms with Gasteiger partial charge in [-0.1, -0.05) is 31.1 Å². The first-order valence-electron chi connectivity index (χ1n) is 5.41. The Morgan fingerprint density at radius 3 is 1.82 bits per heavy atom. The Hall–Kier alpha value is 0.506. The van der Waals surface area contributed by atoms with E-state index in [1.54, 1.807) is 19.1 Å². The van der Waals surface area contributed by atoms with Crippen LogP contribution < -0.4 is 56.5 Å². The van der Waals surface area contributed by atoms with E-state index < -0.39 is 5.97 Å². The van der Waals surface area contributed by atoms with Crippen LogP contribution in [0.5, 0.6) is 0 Å². The van der Waals surface area contributed by atoms with E-state index in [-0.39, 0.29) is 64.6 Å². The van der Waals surface area contributed by atoms with E-state index in [2.05, 4.69) is 0 Å². The van der Waals surface area contributed by atoms with Crippen molar-refractivity contribution in [3.63, 3.8) is 0 Å². The van der Waals surface area contributed by atoms with Crippen LogP contribution in [0.25, 0.3) is 0 Å². The van der Waals surface area contributed by atoms with Gasteiger partial charge < -0.3 is 20.1 Å². The van der Waals surface area contributed by atoms with E-state index in [0.29, 0.717) is 0 Å². The largest absolute Gasteiger partial charge is 1.00 e. The third-order valence-electron chi connectivity index (χ3n) is 1.60. The van der Waals surface area contributed by atoms with Crippen molar-refractivity contribution in [2.24, 2.45) is 0 Å². The molecule has 0 rings (SSSR count). The van der Waals surface area contributed by atoms with Gasteiger partial charge in [-0.3, -0.25) is 0 Å². The number of unbranched alkanes of at least 4 members (excludes halogenated alkanes) is 3. The van der Waals surface area contributed by atoms with Gasteiger partial charge in [0, 0.05) is 13.2 Å². The molecule has 4 nitrogen and oxygen atoms in total. The van der Waals surface area contributed by atoms with Crippen molar-refractivity contribution in [3.8, 4) is 0 Å². The van der Waals surface area contributed by atoms with Gasteiger partial charge in [-0.25, -0.2) is 0 Å². The number of hydrogen-bond donors (Lipinski definition) is 2. The topological polar surface area (TPSA) is 80.6 Å². The molecule has 0 aromatic carbocycles. The summed E-state index contributed by atoms with van der Waals surface area (Å²) in [6.07, 6.45) is 9.57. The molecule has 0 saturated heterocycles. The van der Waals surface area contributed by atoms with Crippen molar-refractivity contribution in [3.05, 3.63) is 24.3 Å². The van der Waals surface area contributed by atoms with E-state index in [1.807, 2.05) is 0 Å². The zero-order valence-electron chi connectivity index (χ0n) is 10.8. The number of carbonyl (C=O) groups is 1. The van der Waals surface area contributed by atoms with Crippen LogP contribution in [0, 0.1) is 0 Å². The average Bonchev–Trinajstić information content (AvgIpc) is 2.25. The molecule has 0 amide bonds. The maximum absolute atomic E-state index is 9.64. The monoisotopic (exact) mass is 268 g/mol. The number of aliphatic carboxylic acids is 1. The van der Waals surface area contributed by atoms with Crippen LogP contribution >= 0.6 is 0 Å². The molecule has 2 N–H and O–H groups in total. The zero-order chi connectivity index (χ0) is 12.6. The van der Waals surface area contributed by atoms with Gasteiger partial charge in [0.25, 0.3) is 0 Å². The van der Waals surface area contributed by atoms with E-state index in [0.717, 1.165) is 31.8 Å². The summed E-state index contributed by atoms with van der Waals surface area (Å²) < 4.78 is 0. The standard InChI is InChI=1S/C6H8O2.C6H14O2.K/c1-2-3-4-5-6(7)8;7-5-3-1-2-4-6-8;/h2-5H,1H3,(H,7,8);7-8H,1-6H2;/q;;+1/p-1. The van der Waals surface area contributed by atoms with Crippen LogP contribution in [0.3, 0.4) is 0 Å². The second-order valence-electron chi connectivity index (χ2n) is 3.07. The molecule has 94 valence electrons. The third kappa shape index (κ3) is 31.5. The summed E-state index contributed by atoms with van der Waals surface area (Å²) in [6, 6.07) is 0. The first-order valence-corrected chi connectivity index (χ1v) is 5.41. The minimum absolute atomic E-state index is 0. The first kappa shape index (κ1) is 22.7. The van der Waals surface area contributed by atoms with Gasteiger partial charge in [-0.05, 0) is 25.8 Å². The van der Waals surface area contributed by atoms with Crippen molar-refractivity contribution in [2.45, 2.75) is 32.6 Å². The van der Waals surface area contributed by atoms with Crippen LogP contribution in [0.15, 0.2) is 24.3 Å². The van der Waals surface area contributed by atoms with Gasteiger partial charge in [0.15, 0.2) is 0 Å². The fourth-order valence-corrected chi connectivity index (χ4v) is 0.822. The number of aliphatic hydroxyl groups excluding tert-OH is 2. The molecule has 0 aliphatic heterocycles. The van der Waals surface area contributed by atoms with Crippen LogP contribution in [0.4, 0.5) is 0 Å². The maximum atomic E-state index is 9.64. The van der Waals surface area contributed by atoms with Crippen molar-refractivity contribution in [1.82, 2.24) is 0 Å². The minimum Gasteiger partial charge on any atom is -0.545 e. The molecule has 0 spiro atoms. The second-order valence-corrected chi connectivity index (χ2v) is 3.07. The van der Waals surface area contributed by atoms with Crippen LogP contribution in [0.1, 0.15) is 32.6 Å². The molecular formula is C12H21KO4. The molecule has 0 aromatic rings. The van der Waals surface area contributed by atoms with E-state index >= 15 is 0 Å². The van der Waals surface area contributed by atoms with Crippen molar-refractivity contribution < 1.29 is 71.5 Å². The number of carbonyl (C=O) groups excluding carboxylic acids is 1. The SMILES string of the molecule is CC=CC=CC(=O)[O-].OCCCCCCO.[K+]. The molecule has 17 heavy (non-hydrogen) atoms. The molecule has 0 fully saturated rings. The predicted molar refractivity (Wildman–Crippen MR) is 61.6 cm³/mol. The Morgan fingerprint density at radius 1 is 1.06 bits per heavy atom. The summed E-state index contributed by atoms with van der Waals surface area (Å²) in [5.74, 6) is -1.16. The number of carboxylic acid groups (broad SMARTS) is 1. The Labute approximate surface area is 146 Å². The van der Waals surface area contributed by atoms with E-state index in [9.17, 15) is 9.90 Å². The third-order valence-corrected chi connectivity index (χ3v) is 1.60. The van der Waals surface area contributed by atoms with Gasteiger partial charge in [-0.2, -0.15) is 0 Å². The smallest absolute Gasteiger partial charge is 0.545 e. The minimum atomic E-state index is -1.16. The molecule has 0 unspecified atom stereocenters. The molecule has 0 aliphatic carbocycles. The Bertz CT molecular complexity index is 197. The first-order chi connectivity index (χ1) is 7.68. The number of hydrogen-bond acceptors (Lipinski definition) is 4. The van der Waals surface area contributed by atoms with Gasteiger partial charge in [0.2, 0.25) is 0 Å². The average molecular weight is 268 g/mol. The molecule has 0 saturated carbocycles. The van der Waals surface area contributed by atoms with Gasteiger partial charge in [0.05, 0.1) is 5.97 Å². The molecular weight excluding hydrogens is 247 g/mol. The van der Waals surface area contributed by atoms with Crippen LogP contribution in [-0.2, 0) is 4.79 Å². The Morgan fingerprint density at radius 2 is 1.53 bits per heavy atom. The normalized spacial score (nSPS) is 9.82. The van der Waals surface area contributed by atoms with Crippen LogP contribution in [0.2, 0.25) is 0 Å². The summed E-state index contributed by atoms with van der Waals surface area (Å²) in [5, 5.41) is 26.2. The fraction of sp³-hybridized carbons (Fsp3) is 0.583. The molecule has 0 radical (unpaired) electrons. The quantitative estimate of drug-likeness (QED) is 0.230. The fourth-order valence-electron chi connectivity index (χ4n) is 0.822. The number of rotatable bonds is 7. The zero-order valence-corrected chi connectivity index (χ0v) is 13.9. The summed E-state index contributed by atoms with van der Waals surface area (Å²) in [5.41, 5.74) is 0. The van der Waals surface area contributed by atoms with Gasteiger partial charge in [0.1, 0.15) is 0 Å². The number of carboxylic acids is 1. The molecule has 0 atom stereocenters. The molecule has 5 heteroatoms. The van der Waals surface area contributed by atoms with Crippen molar-refractivity contribution >= 4 is 5.97 Å². The Kier molecular flexibility index (Phi) is 29.0. The molecule has 0 aliphatic rings. The van der Waals surface area contributed by atoms with Crippen molar-refractivity contribution in [1.29, 1.82) is 0 Å². The number of aliphatic hydroxyl groups is 2. The number of allylic oxidation sites excluding steroid dienone is 3. The van der Waals surface area contributed by atoms with Crippen molar-refractivity contribution in [2.75, 3.05) is 13.2 Å². The summed E-state index contributed by atoms with van der Waals surface area (Å²) >= 11 is 0. The maximum Gasteiger partial charge on any atom is 1.00 e. The van der Waals surface area contributed by atoms with Crippen LogP contribution in [-0.4, -0.2) is 29.4 Å². The van der Waals surface area contributed by atoms with E-state index in [1.165, 1.54) is 6.08 Å². The second kappa shape index (κ2) is 21.8. The predicted octanol–water partition coefficient (Wildman–Crippen LogP) is -2.60. The Balaban J connectivity index is -0.000000218. The van der Waals surface area contributed by atoms with Gasteiger partial charge in [-0.15, -0.1) is 0 Å². The summed E-state index contributed by atoms with van der Waals surface area (Å²) in [6.45, 7) is 2.37. The van der Waals surface area contributed by atoms with Gasteiger partial charge >= 0.3 is 51.4 Å².